The largest absolute Gasteiger partial charge is 0.471 e. The highest BCUT2D eigenvalue weighted by Crippen LogP contribution is 2.27. The Kier molecular flexibility index (Phi) is 5.86. The number of alkyl halides is 3. The fourth-order valence-corrected chi connectivity index (χ4v) is 2.20. The zero-order valence-electron chi connectivity index (χ0n) is 13.2. The fraction of sp³-hybridized carbons (Fsp3) is 0.500. The summed E-state index contributed by atoms with van der Waals surface area (Å²) in [7, 11) is 0. The number of ether oxygens (including phenoxy) is 1. The number of hydrogen-bond donors (Lipinski definition) is 4. The topological polar surface area (TPSA) is 140 Å². The quantitative estimate of drug-likeness (QED) is 0.471. The van der Waals surface area contributed by atoms with E-state index < -0.39 is 49.4 Å². The van der Waals surface area contributed by atoms with Gasteiger partial charge in [-0.15, -0.1) is 0 Å². The predicted octanol–water partition coefficient (Wildman–Crippen LogP) is -1.50. The molecule has 0 bridgehead atoms. The Morgan fingerprint density at radius 3 is 2.81 bits per heavy atom. The number of nitrogens with one attached hydrogen (secondary N) is 1. The number of carbonyl (C=O) groups excluding carboxylic acids is 1. The standard InChI is InChI=1S/C14H15F3N4O5/c15-14(16,17)12(24)19-3-1-2-7-5-21(13(25)20-11(7)18)10-4-8(23)9(6-22)26-10/h5,8-10,22-23H,3-4,6H2,(H,19,24)(H2,18,20,25)/t8?,9?,10-/m1/s1. The summed E-state index contributed by atoms with van der Waals surface area (Å²) in [5, 5.41) is 20.4. The Bertz CT molecular complexity index is 798. The molecule has 3 atom stereocenters. The van der Waals surface area contributed by atoms with Crippen LogP contribution >= 0.6 is 0 Å². The lowest BCUT2D eigenvalue weighted by atomic mass is 10.2. The number of amides is 1. The van der Waals surface area contributed by atoms with Gasteiger partial charge in [0.1, 0.15) is 18.1 Å². The molecule has 0 aliphatic carbocycles. The highest BCUT2D eigenvalue weighted by Gasteiger charge is 2.38. The number of nitrogens with two attached hydrogens (primary N) is 1. The normalized spacial score (nSPS) is 22.6. The molecule has 1 aliphatic rings. The van der Waals surface area contributed by atoms with Gasteiger partial charge in [0.05, 0.1) is 24.8 Å². The van der Waals surface area contributed by atoms with Gasteiger partial charge in [-0.2, -0.15) is 18.2 Å². The number of aliphatic hydroxyl groups excluding tert-OH is 2. The van der Waals surface area contributed by atoms with Crippen molar-refractivity contribution in [1.82, 2.24) is 14.9 Å². The molecule has 5 N–H and O–H groups in total. The predicted molar refractivity (Wildman–Crippen MR) is 80.5 cm³/mol. The second kappa shape index (κ2) is 7.73. The van der Waals surface area contributed by atoms with Crippen molar-refractivity contribution in [3.63, 3.8) is 0 Å². The lowest BCUT2D eigenvalue weighted by Gasteiger charge is -2.15. The molecule has 2 heterocycles. The number of carbonyl (C=O) groups is 1. The third-order valence-corrected chi connectivity index (χ3v) is 3.49. The first-order valence-corrected chi connectivity index (χ1v) is 7.30. The molecular formula is C14H15F3N4O5. The van der Waals surface area contributed by atoms with Crippen LogP contribution in [-0.4, -0.2) is 57.2 Å². The molecule has 0 saturated carbocycles. The Morgan fingerprint density at radius 2 is 2.23 bits per heavy atom. The lowest BCUT2D eigenvalue weighted by Crippen LogP contribution is -2.36. The van der Waals surface area contributed by atoms with Gasteiger partial charge in [0.15, 0.2) is 0 Å². The van der Waals surface area contributed by atoms with Crippen LogP contribution in [0.4, 0.5) is 19.0 Å². The molecule has 1 aromatic heterocycles. The molecule has 12 heteroatoms. The Morgan fingerprint density at radius 1 is 1.54 bits per heavy atom. The van der Waals surface area contributed by atoms with Gasteiger partial charge >= 0.3 is 17.8 Å². The van der Waals surface area contributed by atoms with Crippen LogP contribution in [0.1, 0.15) is 18.2 Å². The number of aliphatic hydroxyl groups is 2. The van der Waals surface area contributed by atoms with Crippen molar-refractivity contribution in [2.24, 2.45) is 0 Å². The fourth-order valence-electron chi connectivity index (χ4n) is 2.20. The molecule has 26 heavy (non-hydrogen) atoms. The van der Waals surface area contributed by atoms with Gasteiger partial charge in [0.2, 0.25) is 0 Å². The van der Waals surface area contributed by atoms with Crippen molar-refractivity contribution in [2.75, 3.05) is 18.9 Å². The van der Waals surface area contributed by atoms with E-state index in [0.29, 0.717) is 0 Å². The van der Waals surface area contributed by atoms with Crippen molar-refractivity contribution in [1.29, 1.82) is 0 Å². The van der Waals surface area contributed by atoms with Gasteiger partial charge in [-0.05, 0) is 0 Å². The molecule has 2 unspecified atom stereocenters. The van der Waals surface area contributed by atoms with E-state index in [-0.39, 0.29) is 17.8 Å². The second-order valence-corrected chi connectivity index (χ2v) is 5.33. The third kappa shape index (κ3) is 4.51. The zero-order chi connectivity index (χ0) is 19.5. The summed E-state index contributed by atoms with van der Waals surface area (Å²) in [4.78, 5) is 26.1. The summed E-state index contributed by atoms with van der Waals surface area (Å²) in [6.45, 7) is -1.04. The minimum atomic E-state index is -5.01. The highest BCUT2D eigenvalue weighted by atomic mass is 19.4. The van der Waals surface area contributed by atoms with Crippen LogP contribution < -0.4 is 16.7 Å². The van der Waals surface area contributed by atoms with E-state index in [1.54, 1.807) is 5.32 Å². The molecule has 1 amide bonds. The summed E-state index contributed by atoms with van der Waals surface area (Å²) >= 11 is 0. The van der Waals surface area contributed by atoms with Crippen LogP contribution in [0.15, 0.2) is 11.0 Å². The molecular weight excluding hydrogens is 361 g/mol. The van der Waals surface area contributed by atoms with Crippen LogP contribution in [0.5, 0.6) is 0 Å². The molecule has 2 rings (SSSR count). The maximum atomic E-state index is 12.0. The van der Waals surface area contributed by atoms with E-state index in [2.05, 4.69) is 16.8 Å². The van der Waals surface area contributed by atoms with Crippen LogP contribution in [0.2, 0.25) is 0 Å². The summed E-state index contributed by atoms with van der Waals surface area (Å²) in [6, 6.07) is 0. The Labute approximate surface area is 144 Å². The van der Waals surface area contributed by atoms with Crippen LogP contribution in [0.25, 0.3) is 0 Å². The lowest BCUT2D eigenvalue weighted by molar-refractivity contribution is -0.173. The van der Waals surface area contributed by atoms with Gasteiger partial charge in [-0.25, -0.2) is 4.79 Å². The molecule has 1 aliphatic heterocycles. The molecule has 0 aromatic carbocycles. The zero-order valence-corrected chi connectivity index (χ0v) is 13.2. The van der Waals surface area contributed by atoms with E-state index in [1.165, 1.54) is 6.20 Å². The van der Waals surface area contributed by atoms with Crippen molar-refractivity contribution in [3.8, 4) is 11.8 Å². The first-order valence-electron chi connectivity index (χ1n) is 7.30. The van der Waals surface area contributed by atoms with E-state index in [9.17, 15) is 27.9 Å². The van der Waals surface area contributed by atoms with Crippen molar-refractivity contribution >= 4 is 11.7 Å². The molecule has 142 valence electrons. The number of rotatable bonds is 3. The summed E-state index contributed by atoms with van der Waals surface area (Å²) in [5.41, 5.74) is 4.80. The minimum absolute atomic E-state index is 0.0191. The maximum Gasteiger partial charge on any atom is 0.471 e. The second-order valence-electron chi connectivity index (χ2n) is 5.33. The first-order chi connectivity index (χ1) is 12.1. The highest BCUT2D eigenvalue weighted by molar-refractivity contribution is 5.81. The van der Waals surface area contributed by atoms with E-state index in [4.69, 9.17) is 15.6 Å². The number of halogens is 3. The molecule has 1 saturated heterocycles. The van der Waals surface area contributed by atoms with Crippen LogP contribution in [0, 0.1) is 11.8 Å². The van der Waals surface area contributed by atoms with E-state index in [1.807, 2.05) is 0 Å². The number of nitrogen functional groups attached to an aromatic ring is 1. The van der Waals surface area contributed by atoms with E-state index >= 15 is 0 Å². The number of hydrogen-bond acceptors (Lipinski definition) is 7. The summed E-state index contributed by atoms with van der Waals surface area (Å²) < 4.78 is 42.5. The van der Waals surface area contributed by atoms with Crippen molar-refractivity contribution in [3.05, 3.63) is 22.2 Å². The minimum Gasteiger partial charge on any atom is -0.394 e. The average molecular weight is 376 g/mol. The smallest absolute Gasteiger partial charge is 0.394 e. The van der Waals surface area contributed by atoms with Crippen LogP contribution in [-0.2, 0) is 9.53 Å². The van der Waals surface area contributed by atoms with Crippen molar-refractivity contribution < 1.29 is 32.9 Å². The molecule has 0 radical (unpaired) electrons. The first kappa shape index (κ1) is 19.7. The maximum absolute atomic E-state index is 12.0. The number of aromatic nitrogens is 2. The van der Waals surface area contributed by atoms with Gasteiger partial charge in [-0.3, -0.25) is 9.36 Å². The Hall–Kier alpha value is -2.62. The van der Waals surface area contributed by atoms with Gasteiger partial charge < -0.3 is 26.0 Å². The number of anilines is 1. The SMILES string of the molecule is Nc1nc(=O)n([C@H]2CC(O)C(CO)O2)cc1C#CCNC(=O)C(F)(F)F. The van der Waals surface area contributed by atoms with Gasteiger partial charge in [0.25, 0.3) is 0 Å². The molecule has 1 aromatic rings. The molecule has 0 spiro atoms. The Balaban J connectivity index is 2.15. The number of nitrogens with zero attached hydrogens (tertiary/aromatic N) is 2. The monoisotopic (exact) mass is 376 g/mol. The van der Waals surface area contributed by atoms with Crippen molar-refractivity contribution in [2.45, 2.75) is 31.0 Å². The summed E-state index contributed by atoms with van der Waals surface area (Å²) in [6.07, 6.45) is -6.57. The van der Waals surface area contributed by atoms with Crippen LogP contribution in [0.3, 0.4) is 0 Å². The van der Waals surface area contributed by atoms with Gasteiger partial charge in [0, 0.05) is 12.6 Å². The molecule has 9 nitrogen and oxygen atoms in total. The van der Waals surface area contributed by atoms with Gasteiger partial charge in [-0.1, -0.05) is 11.8 Å². The molecule has 1 fully saturated rings. The third-order valence-electron chi connectivity index (χ3n) is 3.49. The summed E-state index contributed by atoms with van der Waals surface area (Å²) in [5.74, 6) is 2.28. The average Bonchev–Trinajstić information content (AvgIpc) is 2.92. The van der Waals surface area contributed by atoms with E-state index in [0.717, 1.165) is 4.57 Å².